The second-order valence-corrected chi connectivity index (χ2v) is 6.14. The quantitative estimate of drug-likeness (QED) is 0.784. The number of carbonyl (C=O) groups is 1. The van der Waals surface area contributed by atoms with E-state index in [0.717, 1.165) is 28.2 Å². The van der Waals surface area contributed by atoms with Gasteiger partial charge in [0.1, 0.15) is 11.5 Å². The van der Waals surface area contributed by atoms with Gasteiger partial charge in [-0.25, -0.2) is 0 Å². The molecule has 1 N–H and O–H groups in total. The molecule has 2 aromatic carbocycles. The van der Waals surface area contributed by atoms with Crippen LogP contribution in [0.3, 0.4) is 0 Å². The Kier molecular flexibility index (Phi) is 6.87. The highest BCUT2D eigenvalue weighted by Gasteiger charge is 2.18. The molecular weight excluding hydrogens is 314 g/mol. The Balaban J connectivity index is 1.96. The van der Waals surface area contributed by atoms with Crippen molar-refractivity contribution in [3.8, 4) is 11.5 Å². The molecule has 134 valence electrons. The van der Waals surface area contributed by atoms with Crippen LogP contribution < -0.4 is 14.8 Å². The van der Waals surface area contributed by atoms with Crippen LogP contribution in [0, 0.1) is 13.8 Å². The molecule has 0 spiro atoms. The van der Waals surface area contributed by atoms with Crippen LogP contribution in [0.25, 0.3) is 0 Å². The lowest BCUT2D eigenvalue weighted by molar-refractivity contribution is -0.128. The zero-order valence-electron chi connectivity index (χ0n) is 15.5. The fourth-order valence-electron chi connectivity index (χ4n) is 2.70. The lowest BCUT2D eigenvalue weighted by atomic mass is 10.1. The Labute approximate surface area is 150 Å². The molecule has 0 aliphatic carbocycles. The number of ether oxygens (including phenoxy) is 2. The minimum Gasteiger partial charge on any atom is -0.494 e. The van der Waals surface area contributed by atoms with Crippen LogP contribution in [0.2, 0.25) is 0 Å². The van der Waals surface area contributed by atoms with Crippen molar-refractivity contribution in [2.45, 2.75) is 46.8 Å². The van der Waals surface area contributed by atoms with Crippen molar-refractivity contribution in [2.75, 3.05) is 6.61 Å². The van der Waals surface area contributed by atoms with Gasteiger partial charge in [0.15, 0.2) is 6.10 Å². The van der Waals surface area contributed by atoms with Gasteiger partial charge in [0, 0.05) is 6.54 Å². The first-order chi connectivity index (χ1) is 12.0. The molecule has 2 aromatic rings. The van der Waals surface area contributed by atoms with Gasteiger partial charge >= 0.3 is 0 Å². The van der Waals surface area contributed by atoms with Gasteiger partial charge in [-0.3, -0.25) is 4.79 Å². The average Bonchev–Trinajstić information content (AvgIpc) is 2.57. The minimum atomic E-state index is -0.503. The summed E-state index contributed by atoms with van der Waals surface area (Å²) in [6.45, 7) is 9.01. The van der Waals surface area contributed by atoms with Crippen LogP contribution in [0.15, 0.2) is 42.5 Å². The van der Waals surface area contributed by atoms with E-state index in [-0.39, 0.29) is 5.91 Å². The Bertz CT molecular complexity index is 692. The van der Waals surface area contributed by atoms with E-state index in [2.05, 4.69) is 11.4 Å². The second-order valence-electron chi connectivity index (χ2n) is 6.14. The molecule has 2 rings (SSSR count). The average molecular weight is 341 g/mol. The van der Waals surface area contributed by atoms with Crippen LogP contribution in [0.5, 0.6) is 11.5 Å². The molecule has 1 amide bonds. The molecule has 0 heterocycles. The fraction of sp³-hybridized carbons (Fsp3) is 0.381. The first kappa shape index (κ1) is 18.8. The molecule has 0 saturated heterocycles. The van der Waals surface area contributed by atoms with Gasteiger partial charge in [-0.1, -0.05) is 25.1 Å². The maximum absolute atomic E-state index is 12.5. The van der Waals surface area contributed by atoms with Crippen molar-refractivity contribution in [3.63, 3.8) is 0 Å². The van der Waals surface area contributed by atoms with Crippen LogP contribution in [0.4, 0.5) is 0 Å². The van der Waals surface area contributed by atoms with Gasteiger partial charge in [-0.2, -0.15) is 0 Å². The molecular formula is C21H27NO3. The van der Waals surface area contributed by atoms with Gasteiger partial charge < -0.3 is 14.8 Å². The highest BCUT2D eigenvalue weighted by atomic mass is 16.5. The highest BCUT2D eigenvalue weighted by Crippen LogP contribution is 2.19. The summed E-state index contributed by atoms with van der Waals surface area (Å²) in [5.74, 6) is 1.44. The molecule has 25 heavy (non-hydrogen) atoms. The van der Waals surface area contributed by atoms with Crippen molar-refractivity contribution < 1.29 is 14.3 Å². The molecule has 4 nitrogen and oxygen atoms in total. The minimum absolute atomic E-state index is 0.108. The van der Waals surface area contributed by atoms with Gasteiger partial charge in [0.05, 0.1) is 6.61 Å². The van der Waals surface area contributed by atoms with Crippen molar-refractivity contribution >= 4 is 5.91 Å². The van der Waals surface area contributed by atoms with Crippen LogP contribution >= 0.6 is 0 Å². The molecule has 0 aliphatic rings. The summed E-state index contributed by atoms with van der Waals surface area (Å²) in [5.41, 5.74) is 3.25. The molecule has 4 heteroatoms. The van der Waals surface area contributed by atoms with Crippen LogP contribution in [0.1, 0.15) is 37.0 Å². The largest absolute Gasteiger partial charge is 0.494 e. The number of nitrogens with one attached hydrogen (secondary N) is 1. The third-order valence-corrected chi connectivity index (χ3v) is 3.81. The van der Waals surface area contributed by atoms with E-state index in [1.54, 1.807) is 0 Å². The van der Waals surface area contributed by atoms with E-state index >= 15 is 0 Å². The third-order valence-electron chi connectivity index (χ3n) is 3.81. The Hall–Kier alpha value is -2.49. The van der Waals surface area contributed by atoms with Crippen LogP contribution in [-0.4, -0.2) is 18.6 Å². The Morgan fingerprint density at radius 2 is 1.76 bits per heavy atom. The van der Waals surface area contributed by atoms with Crippen molar-refractivity contribution in [1.29, 1.82) is 0 Å². The standard InChI is InChI=1S/C21H27NO3/c1-5-20(25-19-11-15(3)10-16(4)12-19)21(23)22-14-17-8-7-9-18(13-17)24-6-2/h7-13,20H,5-6,14H2,1-4H3,(H,22,23)/t20-/m0/s1. The number of amides is 1. The monoisotopic (exact) mass is 341 g/mol. The van der Waals surface area contributed by atoms with Gasteiger partial charge in [-0.15, -0.1) is 0 Å². The van der Waals surface area contributed by atoms with Gasteiger partial charge in [0.2, 0.25) is 0 Å². The topological polar surface area (TPSA) is 47.6 Å². The molecule has 0 radical (unpaired) electrons. The van der Waals surface area contributed by atoms with Crippen LogP contribution in [-0.2, 0) is 11.3 Å². The smallest absolute Gasteiger partial charge is 0.261 e. The Morgan fingerprint density at radius 1 is 1.04 bits per heavy atom. The number of benzene rings is 2. The van der Waals surface area contributed by atoms with Crippen molar-refractivity contribution in [3.05, 3.63) is 59.2 Å². The van der Waals surface area contributed by atoms with Crippen molar-refractivity contribution in [2.24, 2.45) is 0 Å². The second kappa shape index (κ2) is 9.11. The summed E-state index contributed by atoms with van der Waals surface area (Å²) in [6.07, 6.45) is 0.105. The van der Waals surface area contributed by atoms with Crippen molar-refractivity contribution in [1.82, 2.24) is 5.32 Å². The predicted octanol–water partition coefficient (Wildman–Crippen LogP) is 4.18. The van der Waals surface area contributed by atoms with E-state index in [0.29, 0.717) is 19.6 Å². The number of hydrogen-bond acceptors (Lipinski definition) is 3. The first-order valence-electron chi connectivity index (χ1n) is 8.76. The number of rotatable bonds is 8. The molecule has 0 bridgehead atoms. The summed E-state index contributed by atoms with van der Waals surface area (Å²) < 4.78 is 11.4. The van der Waals surface area contributed by atoms with E-state index in [1.807, 2.05) is 64.1 Å². The maximum Gasteiger partial charge on any atom is 0.261 e. The first-order valence-corrected chi connectivity index (χ1v) is 8.76. The van der Waals surface area contributed by atoms with E-state index in [1.165, 1.54) is 0 Å². The van der Waals surface area contributed by atoms with Gasteiger partial charge in [0.25, 0.3) is 5.91 Å². The summed E-state index contributed by atoms with van der Waals surface area (Å²) in [4.78, 5) is 12.5. The summed E-state index contributed by atoms with van der Waals surface area (Å²) in [5, 5.41) is 2.95. The van der Waals surface area contributed by atoms with E-state index < -0.39 is 6.10 Å². The number of carbonyl (C=O) groups excluding carboxylic acids is 1. The van der Waals surface area contributed by atoms with E-state index in [4.69, 9.17) is 9.47 Å². The molecule has 1 atom stereocenters. The summed E-state index contributed by atoms with van der Waals surface area (Å²) >= 11 is 0. The predicted molar refractivity (Wildman–Crippen MR) is 100 cm³/mol. The third kappa shape index (κ3) is 5.82. The summed E-state index contributed by atoms with van der Waals surface area (Å²) in [6, 6.07) is 13.7. The lowest BCUT2D eigenvalue weighted by Gasteiger charge is -2.18. The SMILES string of the molecule is CCOc1cccc(CNC(=O)[C@H](CC)Oc2cc(C)cc(C)c2)c1. The molecule has 0 unspecified atom stereocenters. The maximum atomic E-state index is 12.5. The molecule has 0 aromatic heterocycles. The van der Waals surface area contributed by atoms with E-state index in [9.17, 15) is 4.79 Å². The zero-order chi connectivity index (χ0) is 18.2. The van der Waals surface area contributed by atoms with Gasteiger partial charge in [-0.05, 0) is 68.1 Å². The molecule has 0 saturated carbocycles. The summed E-state index contributed by atoms with van der Waals surface area (Å²) in [7, 11) is 0. The Morgan fingerprint density at radius 3 is 2.40 bits per heavy atom. The lowest BCUT2D eigenvalue weighted by Crippen LogP contribution is -2.37. The number of hydrogen-bond donors (Lipinski definition) is 1. The highest BCUT2D eigenvalue weighted by molar-refractivity contribution is 5.81. The fourth-order valence-corrected chi connectivity index (χ4v) is 2.70. The zero-order valence-corrected chi connectivity index (χ0v) is 15.5. The number of aryl methyl sites for hydroxylation is 2. The molecule has 0 aliphatic heterocycles. The normalized spacial score (nSPS) is 11.7. The molecule has 0 fully saturated rings.